The van der Waals surface area contributed by atoms with Crippen molar-refractivity contribution in [3.63, 3.8) is 0 Å². The minimum absolute atomic E-state index is 0.560. The Hall–Kier alpha value is -0.420. The van der Waals surface area contributed by atoms with E-state index in [0.717, 1.165) is 13.0 Å². The van der Waals surface area contributed by atoms with E-state index in [1.54, 1.807) is 0 Å². The third kappa shape index (κ3) is 11.6. The highest BCUT2D eigenvalue weighted by Gasteiger charge is 1.89. The first-order chi connectivity index (χ1) is 6.91. The van der Waals surface area contributed by atoms with Crippen LogP contribution in [0.3, 0.4) is 0 Å². The first-order valence-electron chi connectivity index (χ1n) is 4.96. The van der Waals surface area contributed by atoms with Gasteiger partial charge in [-0.15, -0.1) is 6.58 Å². The lowest BCUT2D eigenvalue weighted by Crippen LogP contribution is -2.13. The fraction of sp³-hybridized carbons (Fsp3) is 0.800. The van der Waals surface area contributed by atoms with Gasteiger partial charge in [-0.2, -0.15) is 0 Å². The maximum absolute atomic E-state index is 5.24. The van der Waals surface area contributed by atoms with Crippen LogP contribution in [0.1, 0.15) is 6.42 Å². The van der Waals surface area contributed by atoms with Gasteiger partial charge in [0.1, 0.15) is 0 Å². The van der Waals surface area contributed by atoms with Crippen molar-refractivity contribution >= 4 is 0 Å². The summed E-state index contributed by atoms with van der Waals surface area (Å²) in [5, 5.41) is 0. The van der Waals surface area contributed by atoms with E-state index in [4.69, 9.17) is 19.9 Å². The van der Waals surface area contributed by atoms with E-state index >= 15 is 0 Å². The fourth-order valence-electron chi connectivity index (χ4n) is 0.792. The van der Waals surface area contributed by atoms with Crippen LogP contribution in [0.5, 0.6) is 0 Å². The quantitative estimate of drug-likeness (QED) is 0.394. The normalized spacial score (nSPS) is 10.4. The Labute approximate surface area is 86.0 Å². The zero-order valence-corrected chi connectivity index (χ0v) is 8.74. The molecule has 0 fully saturated rings. The molecule has 0 radical (unpaired) electrons. The molecule has 0 aromatic carbocycles. The third-order valence-corrected chi connectivity index (χ3v) is 1.47. The van der Waals surface area contributed by atoms with Gasteiger partial charge < -0.3 is 19.9 Å². The molecule has 0 saturated heterocycles. The van der Waals surface area contributed by atoms with Crippen LogP contribution in [-0.2, 0) is 14.2 Å². The second-order valence-electron chi connectivity index (χ2n) is 2.70. The molecule has 0 aliphatic carbocycles. The SMILES string of the molecule is C=CCCOCCOCCOCCN. The van der Waals surface area contributed by atoms with Crippen LogP contribution >= 0.6 is 0 Å². The van der Waals surface area contributed by atoms with Gasteiger partial charge in [-0.25, -0.2) is 0 Å². The van der Waals surface area contributed by atoms with Crippen LogP contribution in [0.4, 0.5) is 0 Å². The van der Waals surface area contributed by atoms with Gasteiger partial charge in [-0.05, 0) is 6.42 Å². The molecule has 0 rings (SSSR count). The molecule has 0 spiro atoms. The maximum atomic E-state index is 5.24. The van der Waals surface area contributed by atoms with E-state index in [0.29, 0.717) is 39.6 Å². The van der Waals surface area contributed by atoms with Crippen LogP contribution in [0.2, 0.25) is 0 Å². The van der Waals surface area contributed by atoms with Crippen molar-refractivity contribution < 1.29 is 14.2 Å². The Morgan fingerprint density at radius 2 is 1.36 bits per heavy atom. The summed E-state index contributed by atoms with van der Waals surface area (Å²) in [4.78, 5) is 0. The van der Waals surface area contributed by atoms with E-state index in [-0.39, 0.29) is 0 Å². The van der Waals surface area contributed by atoms with Gasteiger partial charge in [0, 0.05) is 6.54 Å². The van der Waals surface area contributed by atoms with Crippen LogP contribution < -0.4 is 5.73 Å². The smallest absolute Gasteiger partial charge is 0.0701 e. The van der Waals surface area contributed by atoms with Crippen molar-refractivity contribution in [3.05, 3.63) is 12.7 Å². The van der Waals surface area contributed by atoms with E-state index in [2.05, 4.69) is 6.58 Å². The average molecular weight is 203 g/mol. The molecule has 0 aromatic rings. The number of hydrogen-bond donors (Lipinski definition) is 1. The first-order valence-corrected chi connectivity index (χ1v) is 4.96. The Morgan fingerprint density at radius 3 is 1.86 bits per heavy atom. The van der Waals surface area contributed by atoms with Gasteiger partial charge in [-0.1, -0.05) is 6.08 Å². The van der Waals surface area contributed by atoms with Crippen molar-refractivity contribution in [2.75, 3.05) is 46.2 Å². The molecular weight excluding hydrogens is 182 g/mol. The lowest BCUT2D eigenvalue weighted by molar-refractivity contribution is 0.0168. The van der Waals surface area contributed by atoms with Gasteiger partial charge in [0.15, 0.2) is 0 Å². The van der Waals surface area contributed by atoms with Crippen LogP contribution in [-0.4, -0.2) is 46.2 Å². The molecule has 0 aliphatic rings. The van der Waals surface area contributed by atoms with Crippen molar-refractivity contribution in [1.29, 1.82) is 0 Å². The van der Waals surface area contributed by atoms with E-state index < -0.39 is 0 Å². The number of nitrogens with two attached hydrogens (primary N) is 1. The second-order valence-corrected chi connectivity index (χ2v) is 2.70. The Bertz CT molecular complexity index is 120. The highest BCUT2D eigenvalue weighted by atomic mass is 16.5. The summed E-state index contributed by atoms with van der Waals surface area (Å²) in [7, 11) is 0. The fourth-order valence-corrected chi connectivity index (χ4v) is 0.792. The summed E-state index contributed by atoms with van der Waals surface area (Å²) >= 11 is 0. The molecule has 0 aliphatic heterocycles. The summed E-state index contributed by atoms with van der Waals surface area (Å²) in [6, 6.07) is 0. The summed E-state index contributed by atoms with van der Waals surface area (Å²) in [6.07, 6.45) is 2.72. The Kier molecular flexibility index (Phi) is 12.2. The monoisotopic (exact) mass is 203 g/mol. The van der Waals surface area contributed by atoms with Crippen LogP contribution in [0.25, 0.3) is 0 Å². The zero-order valence-electron chi connectivity index (χ0n) is 8.74. The van der Waals surface area contributed by atoms with E-state index in [1.165, 1.54) is 0 Å². The molecule has 0 bridgehead atoms. The van der Waals surface area contributed by atoms with Crippen molar-refractivity contribution in [2.24, 2.45) is 5.73 Å². The molecule has 4 nitrogen and oxygen atoms in total. The predicted octanol–water partition coefficient (Wildman–Crippen LogP) is 0.571. The molecule has 0 unspecified atom stereocenters. The van der Waals surface area contributed by atoms with Crippen molar-refractivity contribution in [1.82, 2.24) is 0 Å². The van der Waals surface area contributed by atoms with Crippen molar-refractivity contribution in [2.45, 2.75) is 6.42 Å². The Balaban J connectivity index is 2.81. The topological polar surface area (TPSA) is 53.7 Å². The predicted molar refractivity (Wildman–Crippen MR) is 56.3 cm³/mol. The molecule has 0 aromatic heterocycles. The summed E-state index contributed by atoms with van der Waals surface area (Å²) in [5.41, 5.74) is 5.24. The highest BCUT2D eigenvalue weighted by molar-refractivity contribution is 4.64. The van der Waals surface area contributed by atoms with Gasteiger partial charge in [0.05, 0.1) is 39.6 Å². The van der Waals surface area contributed by atoms with Gasteiger partial charge in [0.2, 0.25) is 0 Å². The molecule has 0 amide bonds. The molecule has 84 valence electrons. The van der Waals surface area contributed by atoms with E-state index in [1.807, 2.05) is 6.08 Å². The molecular formula is C10H21NO3. The summed E-state index contributed by atoms with van der Waals surface area (Å²) < 4.78 is 15.6. The number of ether oxygens (including phenoxy) is 3. The van der Waals surface area contributed by atoms with Crippen molar-refractivity contribution in [3.8, 4) is 0 Å². The molecule has 0 saturated carbocycles. The third-order valence-electron chi connectivity index (χ3n) is 1.47. The lowest BCUT2D eigenvalue weighted by Gasteiger charge is -2.05. The molecule has 14 heavy (non-hydrogen) atoms. The van der Waals surface area contributed by atoms with Crippen LogP contribution in [0.15, 0.2) is 12.7 Å². The largest absolute Gasteiger partial charge is 0.379 e. The van der Waals surface area contributed by atoms with Gasteiger partial charge in [0.25, 0.3) is 0 Å². The minimum Gasteiger partial charge on any atom is -0.379 e. The highest BCUT2D eigenvalue weighted by Crippen LogP contribution is 1.84. The number of rotatable bonds is 11. The molecule has 2 N–H and O–H groups in total. The van der Waals surface area contributed by atoms with Gasteiger partial charge >= 0.3 is 0 Å². The molecule has 4 heteroatoms. The van der Waals surface area contributed by atoms with E-state index in [9.17, 15) is 0 Å². The van der Waals surface area contributed by atoms with Crippen LogP contribution in [0, 0.1) is 0 Å². The summed E-state index contributed by atoms with van der Waals surface area (Å²) in [5.74, 6) is 0. The standard InChI is InChI=1S/C10H21NO3/c1-2-3-5-12-7-9-14-10-8-13-6-4-11/h2H,1,3-11H2. The average Bonchev–Trinajstić information content (AvgIpc) is 2.21. The maximum Gasteiger partial charge on any atom is 0.0701 e. The second kappa shape index (κ2) is 12.6. The zero-order chi connectivity index (χ0) is 10.5. The Morgan fingerprint density at radius 1 is 0.857 bits per heavy atom. The first kappa shape index (κ1) is 13.6. The molecule has 0 atom stereocenters. The number of hydrogen-bond acceptors (Lipinski definition) is 4. The summed E-state index contributed by atoms with van der Waals surface area (Å²) in [6.45, 7) is 7.92. The molecule has 0 heterocycles. The lowest BCUT2D eigenvalue weighted by atomic mass is 10.5. The minimum atomic E-state index is 0.560. The van der Waals surface area contributed by atoms with Gasteiger partial charge in [-0.3, -0.25) is 0 Å².